The van der Waals surface area contributed by atoms with Gasteiger partial charge in [0.2, 0.25) is 5.91 Å². The molecule has 1 aromatic carbocycles. The molecule has 0 saturated carbocycles. The molecule has 0 radical (unpaired) electrons. The smallest absolute Gasteiger partial charge is 0.267 e. The van der Waals surface area contributed by atoms with Crippen molar-refractivity contribution in [3.05, 3.63) is 82.9 Å². The third-order valence-corrected chi connectivity index (χ3v) is 4.06. The molecule has 0 unspecified atom stereocenters. The minimum Gasteiger partial charge on any atom is -0.337 e. The van der Waals surface area contributed by atoms with E-state index in [1.54, 1.807) is 29.4 Å². The highest BCUT2D eigenvalue weighted by Gasteiger charge is 2.14. The largest absolute Gasteiger partial charge is 0.337 e. The SMILES string of the molecule is CCN(Cc1ccccc1)C(=O)Cn1nc(-c2cccnc2)ccc1=O. The second-order valence-electron chi connectivity index (χ2n) is 5.85. The standard InChI is InChI=1S/C20H20N4O2/c1-2-23(14-16-7-4-3-5-8-16)20(26)15-24-19(25)11-10-18(22-24)17-9-6-12-21-13-17/h3-13H,2,14-15H2,1H3. The zero-order valence-corrected chi connectivity index (χ0v) is 14.6. The van der Waals surface area contributed by atoms with Crippen molar-refractivity contribution in [1.82, 2.24) is 19.7 Å². The number of carbonyl (C=O) groups is 1. The van der Waals surface area contributed by atoms with Crippen LogP contribution in [0.3, 0.4) is 0 Å². The first kappa shape index (κ1) is 17.5. The first-order valence-electron chi connectivity index (χ1n) is 8.47. The second kappa shape index (κ2) is 8.20. The predicted molar refractivity (Wildman–Crippen MR) is 99.3 cm³/mol. The molecule has 6 heteroatoms. The molecule has 2 heterocycles. The highest BCUT2D eigenvalue weighted by Crippen LogP contribution is 2.13. The zero-order valence-electron chi connectivity index (χ0n) is 14.6. The summed E-state index contributed by atoms with van der Waals surface area (Å²) >= 11 is 0. The van der Waals surface area contributed by atoms with Crippen molar-refractivity contribution in [2.24, 2.45) is 0 Å². The number of pyridine rings is 1. The van der Waals surface area contributed by atoms with E-state index in [0.29, 0.717) is 18.8 Å². The fraction of sp³-hybridized carbons (Fsp3) is 0.200. The summed E-state index contributed by atoms with van der Waals surface area (Å²) in [6, 6.07) is 16.5. The number of aromatic nitrogens is 3. The molecule has 0 aliphatic rings. The molecule has 0 N–H and O–H groups in total. The Kier molecular flexibility index (Phi) is 5.53. The van der Waals surface area contributed by atoms with Crippen LogP contribution in [0.5, 0.6) is 0 Å². The van der Waals surface area contributed by atoms with Crippen LogP contribution < -0.4 is 5.56 Å². The quantitative estimate of drug-likeness (QED) is 0.686. The number of hydrogen-bond acceptors (Lipinski definition) is 4. The van der Waals surface area contributed by atoms with E-state index in [2.05, 4.69) is 10.1 Å². The van der Waals surface area contributed by atoms with Gasteiger partial charge in [-0.05, 0) is 30.7 Å². The van der Waals surface area contributed by atoms with E-state index in [4.69, 9.17) is 0 Å². The van der Waals surface area contributed by atoms with Gasteiger partial charge in [-0.2, -0.15) is 5.10 Å². The summed E-state index contributed by atoms with van der Waals surface area (Å²) in [5.41, 5.74) is 2.15. The number of hydrogen-bond donors (Lipinski definition) is 0. The van der Waals surface area contributed by atoms with Crippen molar-refractivity contribution in [3.8, 4) is 11.3 Å². The Balaban J connectivity index is 1.78. The average Bonchev–Trinajstić information content (AvgIpc) is 2.69. The Morgan fingerprint density at radius 3 is 2.58 bits per heavy atom. The van der Waals surface area contributed by atoms with Crippen LogP contribution in [-0.2, 0) is 17.9 Å². The molecule has 0 saturated heterocycles. The lowest BCUT2D eigenvalue weighted by atomic mass is 10.2. The Hall–Kier alpha value is -3.28. The second-order valence-corrected chi connectivity index (χ2v) is 5.85. The number of carbonyl (C=O) groups excluding carboxylic acids is 1. The molecule has 0 aliphatic heterocycles. The summed E-state index contributed by atoms with van der Waals surface area (Å²) in [5, 5.41) is 4.32. The number of likely N-dealkylation sites (N-methyl/N-ethyl adjacent to an activating group) is 1. The van der Waals surface area contributed by atoms with Gasteiger partial charge in [-0.1, -0.05) is 30.3 Å². The van der Waals surface area contributed by atoms with E-state index in [9.17, 15) is 9.59 Å². The van der Waals surface area contributed by atoms with Crippen molar-refractivity contribution >= 4 is 5.91 Å². The van der Waals surface area contributed by atoms with Gasteiger partial charge in [0.1, 0.15) is 6.54 Å². The van der Waals surface area contributed by atoms with Crippen LogP contribution in [0.15, 0.2) is 71.8 Å². The third kappa shape index (κ3) is 4.22. The monoisotopic (exact) mass is 348 g/mol. The minimum atomic E-state index is -0.304. The summed E-state index contributed by atoms with van der Waals surface area (Å²) in [5.74, 6) is -0.144. The molecule has 3 aromatic rings. The molecular weight excluding hydrogens is 328 g/mol. The molecule has 0 bridgehead atoms. The summed E-state index contributed by atoms with van der Waals surface area (Å²) < 4.78 is 1.21. The molecule has 0 atom stereocenters. The Bertz CT molecular complexity index is 923. The lowest BCUT2D eigenvalue weighted by Crippen LogP contribution is -2.36. The molecular formula is C20H20N4O2. The van der Waals surface area contributed by atoms with Gasteiger partial charge < -0.3 is 4.90 Å². The summed E-state index contributed by atoms with van der Waals surface area (Å²) in [7, 11) is 0. The molecule has 26 heavy (non-hydrogen) atoms. The summed E-state index contributed by atoms with van der Waals surface area (Å²) in [6.07, 6.45) is 3.35. The average molecular weight is 348 g/mol. The molecule has 0 fully saturated rings. The van der Waals surface area contributed by atoms with Gasteiger partial charge in [0.05, 0.1) is 5.69 Å². The Morgan fingerprint density at radius 1 is 1.08 bits per heavy atom. The normalized spacial score (nSPS) is 10.5. The van der Waals surface area contributed by atoms with Crippen LogP contribution in [0.4, 0.5) is 0 Å². The fourth-order valence-corrected chi connectivity index (χ4v) is 2.64. The van der Waals surface area contributed by atoms with Gasteiger partial charge in [-0.25, -0.2) is 4.68 Å². The fourth-order valence-electron chi connectivity index (χ4n) is 2.64. The van der Waals surface area contributed by atoms with E-state index in [1.165, 1.54) is 10.7 Å². The minimum absolute atomic E-state index is 0.0897. The van der Waals surface area contributed by atoms with Gasteiger partial charge in [0.15, 0.2) is 0 Å². The highest BCUT2D eigenvalue weighted by molar-refractivity contribution is 5.76. The van der Waals surface area contributed by atoms with Gasteiger partial charge in [0.25, 0.3) is 5.56 Å². The molecule has 2 aromatic heterocycles. The van der Waals surface area contributed by atoms with E-state index < -0.39 is 0 Å². The summed E-state index contributed by atoms with van der Waals surface area (Å²) in [6.45, 7) is 2.90. The van der Waals surface area contributed by atoms with Crippen LogP contribution in [0, 0.1) is 0 Å². The van der Waals surface area contributed by atoms with Crippen LogP contribution >= 0.6 is 0 Å². The van der Waals surface area contributed by atoms with Crippen LogP contribution in [0.2, 0.25) is 0 Å². The maximum atomic E-state index is 12.7. The van der Waals surface area contributed by atoms with E-state index >= 15 is 0 Å². The Labute approximate surface area is 151 Å². The lowest BCUT2D eigenvalue weighted by molar-refractivity contribution is -0.132. The van der Waals surface area contributed by atoms with E-state index in [-0.39, 0.29) is 18.0 Å². The van der Waals surface area contributed by atoms with Gasteiger partial charge >= 0.3 is 0 Å². The maximum absolute atomic E-state index is 12.7. The maximum Gasteiger partial charge on any atom is 0.267 e. The topological polar surface area (TPSA) is 68.1 Å². The lowest BCUT2D eigenvalue weighted by Gasteiger charge is -2.21. The molecule has 132 valence electrons. The van der Waals surface area contributed by atoms with Crippen LogP contribution in [0.1, 0.15) is 12.5 Å². The van der Waals surface area contributed by atoms with Gasteiger partial charge in [-0.15, -0.1) is 0 Å². The number of amides is 1. The van der Waals surface area contributed by atoms with Crippen molar-refractivity contribution in [2.45, 2.75) is 20.0 Å². The summed E-state index contributed by atoms with van der Waals surface area (Å²) in [4.78, 5) is 30.6. The molecule has 1 amide bonds. The van der Waals surface area contributed by atoms with Gasteiger partial charge in [-0.3, -0.25) is 14.6 Å². The Morgan fingerprint density at radius 2 is 1.88 bits per heavy atom. The van der Waals surface area contributed by atoms with Crippen molar-refractivity contribution < 1.29 is 4.79 Å². The van der Waals surface area contributed by atoms with Crippen molar-refractivity contribution in [3.63, 3.8) is 0 Å². The first-order chi connectivity index (χ1) is 12.7. The third-order valence-electron chi connectivity index (χ3n) is 4.06. The molecule has 0 aliphatic carbocycles. The molecule has 6 nitrogen and oxygen atoms in total. The van der Waals surface area contributed by atoms with E-state index in [0.717, 1.165) is 11.1 Å². The zero-order chi connectivity index (χ0) is 18.4. The molecule has 0 spiro atoms. The van der Waals surface area contributed by atoms with Crippen molar-refractivity contribution in [1.29, 1.82) is 0 Å². The number of nitrogens with zero attached hydrogens (tertiary/aromatic N) is 4. The van der Waals surface area contributed by atoms with E-state index in [1.807, 2.05) is 43.3 Å². The van der Waals surface area contributed by atoms with Crippen molar-refractivity contribution in [2.75, 3.05) is 6.54 Å². The molecule has 3 rings (SSSR count). The van der Waals surface area contributed by atoms with Gasteiger partial charge in [0, 0.05) is 37.1 Å². The number of rotatable bonds is 6. The first-order valence-corrected chi connectivity index (χ1v) is 8.47. The highest BCUT2D eigenvalue weighted by atomic mass is 16.2. The van der Waals surface area contributed by atoms with Crippen LogP contribution in [-0.4, -0.2) is 32.1 Å². The number of benzene rings is 1. The predicted octanol–water partition coefficient (Wildman–Crippen LogP) is 2.35. The van der Waals surface area contributed by atoms with Crippen LogP contribution in [0.25, 0.3) is 11.3 Å².